The highest BCUT2D eigenvalue weighted by molar-refractivity contribution is 5.92. The second-order valence-electron chi connectivity index (χ2n) is 3.89. The summed E-state index contributed by atoms with van der Waals surface area (Å²) in [5.41, 5.74) is 3.51. The van der Waals surface area contributed by atoms with E-state index in [-0.39, 0.29) is 0 Å². The summed E-state index contributed by atoms with van der Waals surface area (Å²) in [5.74, 6) is -14.7. The van der Waals surface area contributed by atoms with E-state index >= 15 is 0 Å². The first-order valence-electron chi connectivity index (χ1n) is 5.67. The van der Waals surface area contributed by atoms with Crippen molar-refractivity contribution in [3.8, 4) is 0 Å². The van der Waals surface area contributed by atoms with Gasteiger partial charge in [0.2, 0.25) is 11.7 Å². The Hall–Kier alpha value is -3.04. The van der Waals surface area contributed by atoms with Gasteiger partial charge in [0.1, 0.15) is 0 Å². The number of primary amides is 1. The van der Waals surface area contributed by atoms with Gasteiger partial charge in [0.25, 0.3) is 0 Å². The number of halogens is 5. The van der Waals surface area contributed by atoms with Crippen LogP contribution >= 0.6 is 0 Å². The lowest BCUT2D eigenvalue weighted by Crippen LogP contribution is -2.26. The number of nitrogens with one attached hydrogen (secondary N) is 1. The van der Waals surface area contributed by atoms with E-state index in [0.717, 1.165) is 0 Å². The number of amides is 1. The van der Waals surface area contributed by atoms with Crippen LogP contribution < -0.4 is 15.8 Å². The zero-order chi connectivity index (χ0) is 17.7. The molecule has 3 N–H and O–H groups in total. The first-order valence-corrected chi connectivity index (χ1v) is 5.67. The average Bonchev–Trinajstić information content (AvgIpc) is 2.52. The number of aromatic amines is 1. The number of carboxylic acid groups (broad SMARTS) is 1. The summed E-state index contributed by atoms with van der Waals surface area (Å²) in [6.45, 7) is 0. The molecule has 0 aliphatic rings. The number of aromatic carboxylic acids is 1. The summed E-state index contributed by atoms with van der Waals surface area (Å²) in [7, 11) is 0. The Labute approximate surface area is 125 Å². The molecule has 0 bridgehead atoms. The van der Waals surface area contributed by atoms with Crippen LogP contribution in [0.2, 0.25) is 0 Å². The van der Waals surface area contributed by atoms with Gasteiger partial charge in [0.05, 0.1) is 17.1 Å². The van der Waals surface area contributed by atoms with Gasteiger partial charge in [-0.1, -0.05) is 0 Å². The van der Waals surface area contributed by atoms with Crippen LogP contribution in [0.15, 0.2) is 24.5 Å². The largest absolute Gasteiger partial charge is 0.545 e. The number of hydrogen-bond donors (Lipinski definition) is 1. The van der Waals surface area contributed by atoms with Crippen molar-refractivity contribution in [2.24, 2.45) is 5.73 Å². The number of benzene rings is 1. The lowest BCUT2D eigenvalue weighted by Gasteiger charge is -2.07. The fourth-order valence-electron chi connectivity index (χ4n) is 1.34. The van der Waals surface area contributed by atoms with Gasteiger partial charge in [-0.15, -0.1) is 0 Å². The molecule has 2 aromatic rings. The van der Waals surface area contributed by atoms with Crippen molar-refractivity contribution in [1.82, 2.24) is 0 Å². The minimum Gasteiger partial charge on any atom is -0.545 e. The number of hydrogen-bond acceptors (Lipinski definition) is 3. The molecule has 0 aliphatic heterocycles. The van der Waals surface area contributed by atoms with Crippen LogP contribution in [0.1, 0.15) is 20.7 Å². The van der Waals surface area contributed by atoms with E-state index in [1.54, 1.807) is 24.5 Å². The van der Waals surface area contributed by atoms with Crippen molar-refractivity contribution < 1.29 is 41.6 Å². The molecule has 5 nitrogen and oxygen atoms in total. The van der Waals surface area contributed by atoms with Gasteiger partial charge in [-0.3, -0.25) is 4.79 Å². The zero-order valence-electron chi connectivity index (χ0n) is 11.0. The maximum absolute atomic E-state index is 12.5. The third kappa shape index (κ3) is 3.99. The minimum absolute atomic E-state index is 0.399. The quantitative estimate of drug-likeness (QED) is 0.487. The molecule has 0 unspecified atom stereocenters. The molecule has 1 aromatic carbocycles. The van der Waals surface area contributed by atoms with E-state index < -0.39 is 46.5 Å². The predicted molar refractivity (Wildman–Crippen MR) is 62.1 cm³/mol. The monoisotopic (exact) mass is 334 g/mol. The van der Waals surface area contributed by atoms with Crippen molar-refractivity contribution in [2.45, 2.75) is 0 Å². The second-order valence-corrected chi connectivity index (χ2v) is 3.89. The highest BCUT2D eigenvalue weighted by atomic mass is 19.2. The molecule has 0 atom stereocenters. The molecule has 10 heteroatoms. The Morgan fingerprint density at radius 3 is 1.57 bits per heavy atom. The first-order chi connectivity index (χ1) is 10.7. The number of nitrogens with two attached hydrogens (primary N) is 1. The molecule has 0 radical (unpaired) electrons. The van der Waals surface area contributed by atoms with Crippen molar-refractivity contribution in [3.63, 3.8) is 0 Å². The Kier molecular flexibility index (Phi) is 5.71. The molecular formula is C13H7F5N2O3. The van der Waals surface area contributed by atoms with Crippen LogP contribution in [0.5, 0.6) is 0 Å². The van der Waals surface area contributed by atoms with E-state index in [0.29, 0.717) is 5.56 Å². The first kappa shape index (κ1) is 18.0. The van der Waals surface area contributed by atoms with Crippen molar-refractivity contribution in [3.05, 3.63) is 64.7 Å². The van der Waals surface area contributed by atoms with E-state index in [4.69, 9.17) is 5.73 Å². The molecule has 2 rings (SSSR count). The molecule has 1 amide bonds. The SMILES string of the molecule is NC(=O)c1cc[nH+]cc1.O=C([O-])c1c(F)c(F)c(F)c(F)c1F. The summed E-state index contributed by atoms with van der Waals surface area (Å²) in [6, 6.07) is 3.25. The summed E-state index contributed by atoms with van der Waals surface area (Å²) < 4.78 is 62.0. The van der Waals surface area contributed by atoms with Crippen molar-refractivity contribution in [2.75, 3.05) is 0 Å². The Bertz CT molecular complexity index is 724. The van der Waals surface area contributed by atoms with E-state index in [9.17, 15) is 36.6 Å². The molecule has 1 aromatic heterocycles. The Balaban J connectivity index is 0.000000253. The van der Waals surface area contributed by atoms with E-state index in [1.807, 2.05) is 0 Å². The zero-order valence-corrected chi connectivity index (χ0v) is 11.0. The maximum atomic E-state index is 12.5. The number of carbonyl (C=O) groups excluding carboxylic acids is 2. The van der Waals surface area contributed by atoms with Crippen molar-refractivity contribution >= 4 is 11.9 Å². The normalized spacial score (nSPS) is 9.78. The van der Waals surface area contributed by atoms with Gasteiger partial charge >= 0.3 is 0 Å². The molecule has 0 aliphatic carbocycles. The smallest absolute Gasteiger partial charge is 0.249 e. The highest BCUT2D eigenvalue weighted by Gasteiger charge is 2.25. The predicted octanol–water partition coefficient (Wildman–Crippen LogP) is 0.345. The lowest BCUT2D eigenvalue weighted by molar-refractivity contribution is -0.378. The average molecular weight is 334 g/mol. The standard InChI is InChI=1S/C7HF5O2.C6H6N2O/c8-2-1(7(13)14)3(9)5(11)6(12)4(2)10;7-6(9)5-1-3-8-4-2-5/h(H,13,14);1-4H,(H2,7,9). The minimum atomic E-state index is -2.47. The third-order valence-electron chi connectivity index (χ3n) is 2.42. The van der Waals surface area contributed by atoms with Crippen molar-refractivity contribution in [1.29, 1.82) is 0 Å². The second kappa shape index (κ2) is 7.29. The summed E-state index contributed by atoms with van der Waals surface area (Å²) >= 11 is 0. The molecular weight excluding hydrogens is 327 g/mol. The molecule has 0 spiro atoms. The number of pyridine rings is 1. The van der Waals surface area contributed by atoms with Crippen LogP contribution in [0, 0.1) is 29.1 Å². The molecule has 0 saturated heterocycles. The molecule has 1 heterocycles. The third-order valence-corrected chi connectivity index (χ3v) is 2.42. The number of aromatic nitrogens is 1. The van der Waals surface area contributed by atoms with Crippen LogP contribution in [-0.2, 0) is 0 Å². The van der Waals surface area contributed by atoms with Gasteiger partial charge < -0.3 is 15.6 Å². The molecule has 122 valence electrons. The summed E-state index contributed by atoms with van der Waals surface area (Å²) in [4.78, 5) is 23.2. The molecule has 23 heavy (non-hydrogen) atoms. The topological polar surface area (TPSA) is 97.4 Å². The number of carbonyl (C=O) groups is 2. The van der Waals surface area contributed by atoms with Crippen LogP contribution in [-0.4, -0.2) is 11.9 Å². The fourth-order valence-corrected chi connectivity index (χ4v) is 1.34. The van der Waals surface area contributed by atoms with Gasteiger partial charge in [-0.05, 0) is 0 Å². The summed E-state index contributed by atoms with van der Waals surface area (Å²) in [6.07, 6.45) is 3.31. The number of H-pyrrole nitrogens is 1. The molecule has 0 saturated carbocycles. The lowest BCUT2D eigenvalue weighted by atomic mass is 10.1. The number of rotatable bonds is 2. The van der Waals surface area contributed by atoms with Gasteiger partial charge in [-0.25, -0.2) is 26.9 Å². The Morgan fingerprint density at radius 2 is 1.26 bits per heavy atom. The van der Waals surface area contributed by atoms with Gasteiger partial charge in [0, 0.05) is 12.1 Å². The summed E-state index contributed by atoms with van der Waals surface area (Å²) in [5, 5.41) is 10.0. The van der Waals surface area contributed by atoms with Gasteiger partial charge in [-0.2, -0.15) is 0 Å². The number of carboxylic acids is 1. The fraction of sp³-hybridized carbons (Fsp3) is 0. The maximum Gasteiger partial charge on any atom is 0.249 e. The molecule has 0 fully saturated rings. The highest BCUT2D eigenvalue weighted by Crippen LogP contribution is 2.22. The van der Waals surface area contributed by atoms with Crippen LogP contribution in [0.3, 0.4) is 0 Å². The van der Waals surface area contributed by atoms with Gasteiger partial charge in [0.15, 0.2) is 35.7 Å². The van der Waals surface area contributed by atoms with E-state index in [1.165, 1.54) is 0 Å². The van der Waals surface area contributed by atoms with Crippen LogP contribution in [0.25, 0.3) is 0 Å². The van der Waals surface area contributed by atoms with E-state index in [2.05, 4.69) is 4.98 Å². The Morgan fingerprint density at radius 1 is 0.870 bits per heavy atom. The van der Waals surface area contributed by atoms with Crippen LogP contribution in [0.4, 0.5) is 22.0 Å².